The lowest BCUT2D eigenvalue weighted by Crippen LogP contribution is -2.17. The first kappa shape index (κ1) is 12.5. The predicted molar refractivity (Wildman–Crippen MR) is 64.9 cm³/mol. The van der Waals surface area contributed by atoms with Gasteiger partial charge in [0.05, 0.1) is 0 Å². The smallest absolute Gasteiger partial charge is 0.129 e. The van der Waals surface area contributed by atoms with E-state index in [9.17, 15) is 8.78 Å². The topological polar surface area (TPSA) is 12.0 Å². The lowest BCUT2D eigenvalue weighted by molar-refractivity contribution is 0.523. The van der Waals surface area contributed by atoms with Crippen LogP contribution in [0, 0.1) is 23.0 Å². The van der Waals surface area contributed by atoms with Crippen molar-refractivity contribution in [1.82, 2.24) is 5.32 Å². The molecule has 1 aliphatic rings. The predicted octanol–water partition coefficient (Wildman–Crippen LogP) is 3.31. The summed E-state index contributed by atoms with van der Waals surface area (Å²) in [6.07, 6.45) is 0. The van der Waals surface area contributed by atoms with Crippen LogP contribution in [0.1, 0.15) is 32.3 Å². The van der Waals surface area contributed by atoms with Crippen LogP contribution in [0.25, 0.3) is 0 Å². The van der Waals surface area contributed by atoms with E-state index in [1.807, 2.05) is 0 Å². The van der Waals surface area contributed by atoms with Gasteiger partial charge in [0.15, 0.2) is 0 Å². The highest BCUT2D eigenvalue weighted by atomic mass is 19.1. The highest BCUT2D eigenvalue weighted by Crippen LogP contribution is 2.64. The Labute approximate surface area is 101 Å². The molecule has 0 aliphatic heterocycles. The molecule has 0 amide bonds. The van der Waals surface area contributed by atoms with Gasteiger partial charge in [-0.15, -0.1) is 0 Å². The zero-order valence-corrected chi connectivity index (χ0v) is 10.6. The molecule has 1 saturated carbocycles. The molecule has 1 aromatic carbocycles. The fourth-order valence-corrected chi connectivity index (χ4v) is 2.80. The zero-order chi connectivity index (χ0) is 12.6. The molecule has 1 aliphatic carbocycles. The number of halogens is 2. The lowest BCUT2D eigenvalue weighted by atomic mass is 10.0. The number of benzene rings is 1. The molecule has 1 nitrogen and oxygen atoms in total. The maximum atomic E-state index is 13.7. The molecule has 1 aromatic rings. The van der Waals surface area contributed by atoms with E-state index in [-0.39, 0.29) is 11.3 Å². The van der Waals surface area contributed by atoms with E-state index in [2.05, 4.69) is 26.1 Å². The minimum absolute atomic E-state index is 0.0981. The van der Waals surface area contributed by atoms with Crippen molar-refractivity contribution in [2.45, 2.75) is 26.7 Å². The fourth-order valence-electron chi connectivity index (χ4n) is 2.80. The van der Waals surface area contributed by atoms with Crippen molar-refractivity contribution in [2.24, 2.45) is 11.3 Å². The Hall–Kier alpha value is -0.960. The molecular formula is C14H19F2N. The van der Waals surface area contributed by atoms with Crippen LogP contribution in [0.15, 0.2) is 18.2 Å². The molecule has 17 heavy (non-hydrogen) atoms. The molecule has 1 fully saturated rings. The highest BCUT2D eigenvalue weighted by molar-refractivity contribution is 5.33. The summed E-state index contributed by atoms with van der Waals surface area (Å²) in [5.41, 5.74) is 0.750. The summed E-state index contributed by atoms with van der Waals surface area (Å²) in [4.78, 5) is 0. The summed E-state index contributed by atoms with van der Waals surface area (Å²) in [5, 5.41) is 3.30. The Morgan fingerprint density at radius 2 is 2.00 bits per heavy atom. The van der Waals surface area contributed by atoms with Crippen LogP contribution in [0.4, 0.5) is 8.78 Å². The van der Waals surface area contributed by atoms with Crippen LogP contribution in [-0.4, -0.2) is 13.1 Å². The van der Waals surface area contributed by atoms with Gasteiger partial charge >= 0.3 is 0 Å². The number of rotatable bonds is 4. The summed E-state index contributed by atoms with van der Waals surface area (Å²) < 4.78 is 26.6. The molecule has 0 saturated heterocycles. The monoisotopic (exact) mass is 239 g/mol. The fraction of sp³-hybridized carbons (Fsp3) is 0.571. The van der Waals surface area contributed by atoms with Gasteiger partial charge in [-0.05, 0) is 42.0 Å². The average molecular weight is 239 g/mol. The van der Waals surface area contributed by atoms with Crippen molar-refractivity contribution in [2.75, 3.05) is 13.1 Å². The van der Waals surface area contributed by atoms with E-state index in [0.717, 1.165) is 19.2 Å². The molecule has 3 heteroatoms. The first-order valence-corrected chi connectivity index (χ1v) is 6.14. The van der Waals surface area contributed by atoms with Crippen LogP contribution in [0.3, 0.4) is 0 Å². The second-order valence-corrected chi connectivity index (χ2v) is 5.38. The van der Waals surface area contributed by atoms with E-state index >= 15 is 0 Å². The van der Waals surface area contributed by atoms with Crippen molar-refractivity contribution in [3.8, 4) is 0 Å². The van der Waals surface area contributed by atoms with Crippen molar-refractivity contribution in [3.05, 3.63) is 35.4 Å². The second kappa shape index (κ2) is 4.37. The molecule has 2 rings (SSSR count). The van der Waals surface area contributed by atoms with Gasteiger partial charge in [-0.25, -0.2) is 8.78 Å². The molecule has 0 heterocycles. The summed E-state index contributed by atoms with van der Waals surface area (Å²) in [6, 6.07) is 3.91. The van der Waals surface area contributed by atoms with Gasteiger partial charge in [-0.3, -0.25) is 0 Å². The zero-order valence-electron chi connectivity index (χ0n) is 10.6. The third-order valence-corrected chi connectivity index (χ3v) is 3.96. The molecule has 94 valence electrons. The third-order valence-electron chi connectivity index (χ3n) is 3.96. The first-order valence-electron chi connectivity index (χ1n) is 6.14. The maximum Gasteiger partial charge on any atom is 0.129 e. The Bertz CT molecular complexity index is 415. The molecule has 0 spiro atoms. The number of hydrogen-bond donors (Lipinski definition) is 1. The number of nitrogens with one attached hydrogen (secondary N) is 1. The van der Waals surface area contributed by atoms with Gasteiger partial charge in [0.25, 0.3) is 0 Å². The van der Waals surface area contributed by atoms with Crippen LogP contribution in [0.2, 0.25) is 0 Å². The van der Waals surface area contributed by atoms with E-state index in [0.29, 0.717) is 11.5 Å². The number of hydrogen-bond acceptors (Lipinski definition) is 1. The van der Waals surface area contributed by atoms with Gasteiger partial charge in [-0.2, -0.15) is 0 Å². The molecule has 1 N–H and O–H groups in total. The minimum Gasteiger partial charge on any atom is -0.317 e. The van der Waals surface area contributed by atoms with Gasteiger partial charge in [0.2, 0.25) is 0 Å². The highest BCUT2D eigenvalue weighted by Gasteiger charge is 2.58. The Balaban J connectivity index is 2.18. The van der Waals surface area contributed by atoms with Gasteiger partial charge in [0, 0.05) is 6.07 Å². The molecule has 0 aromatic heterocycles. The van der Waals surface area contributed by atoms with Gasteiger partial charge < -0.3 is 5.32 Å². The minimum atomic E-state index is -0.507. The quantitative estimate of drug-likeness (QED) is 0.850. The van der Waals surface area contributed by atoms with Crippen LogP contribution in [0.5, 0.6) is 0 Å². The SMILES string of the molecule is CCNCC1C(c2ccc(F)cc2F)C1(C)C. The van der Waals surface area contributed by atoms with E-state index in [1.54, 1.807) is 6.07 Å². The normalized spacial score (nSPS) is 25.9. The van der Waals surface area contributed by atoms with Crippen LogP contribution >= 0.6 is 0 Å². The molecule has 2 atom stereocenters. The van der Waals surface area contributed by atoms with E-state index < -0.39 is 11.6 Å². The summed E-state index contributed by atoms with van der Waals surface area (Å²) in [5.74, 6) is -0.292. The van der Waals surface area contributed by atoms with E-state index in [4.69, 9.17) is 0 Å². The summed E-state index contributed by atoms with van der Waals surface area (Å²) in [7, 11) is 0. The molecule has 2 unspecified atom stereocenters. The largest absolute Gasteiger partial charge is 0.317 e. The van der Waals surface area contributed by atoms with Crippen LogP contribution < -0.4 is 5.32 Å². The third kappa shape index (κ3) is 2.21. The first-order chi connectivity index (χ1) is 7.98. The van der Waals surface area contributed by atoms with Crippen molar-refractivity contribution < 1.29 is 8.78 Å². The standard InChI is InChI=1S/C14H19F2N/c1-4-17-8-11-13(14(11,2)3)10-6-5-9(15)7-12(10)16/h5-7,11,13,17H,4,8H2,1-3H3. The Morgan fingerprint density at radius 3 is 2.59 bits per heavy atom. The van der Waals surface area contributed by atoms with Crippen LogP contribution in [-0.2, 0) is 0 Å². The van der Waals surface area contributed by atoms with E-state index in [1.165, 1.54) is 6.07 Å². The Kier molecular flexibility index (Phi) is 3.21. The summed E-state index contributed by atoms with van der Waals surface area (Å²) >= 11 is 0. The lowest BCUT2D eigenvalue weighted by Gasteiger charge is -2.04. The molecule has 0 radical (unpaired) electrons. The maximum absolute atomic E-state index is 13.7. The van der Waals surface area contributed by atoms with Gasteiger partial charge in [0.1, 0.15) is 11.6 Å². The van der Waals surface area contributed by atoms with Crippen molar-refractivity contribution in [1.29, 1.82) is 0 Å². The van der Waals surface area contributed by atoms with Crippen molar-refractivity contribution >= 4 is 0 Å². The average Bonchev–Trinajstić information content (AvgIpc) is 2.78. The second-order valence-electron chi connectivity index (χ2n) is 5.38. The Morgan fingerprint density at radius 1 is 1.29 bits per heavy atom. The van der Waals surface area contributed by atoms with Crippen molar-refractivity contribution in [3.63, 3.8) is 0 Å². The molecule has 0 bridgehead atoms. The van der Waals surface area contributed by atoms with Gasteiger partial charge in [-0.1, -0.05) is 26.8 Å². The molecular weight excluding hydrogens is 220 g/mol. The summed E-state index contributed by atoms with van der Waals surface area (Å²) in [6.45, 7) is 8.16.